The maximum Gasteiger partial charge on any atom is 0.130 e. The summed E-state index contributed by atoms with van der Waals surface area (Å²) in [6, 6.07) is 1.90. The van der Waals surface area contributed by atoms with Crippen molar-refractivity contribution >= 4 is 33.5 Å². The quantitative estimate of drug-likeness (QED) is 0.860. The number of anilines is 1. The lowest BCUT2D eigenvalue weighted by molar-refractivity contribution is 0.803. The van der Waals surface area contributed by atoms with Gasteiger partial charge in [-0.15, -0.1) is 0 Å². The molecule has 0 aliphatic carbocycles. The van der Waals surface area contributed by atoms with Gasteiger partial charge in [-0.25, -0.2) is 9.97 Å². The minimum atomic E-state index is 0.753. The van der Waals surface area contributed by atoms with E-state index in [2.05, 4.69) is 31.2 Å². The van der Waals surface area contributed by atoms with Crippen LogP contribution in [0.1, 0.15) is 12.8 Å². The van der Waals surface area contributed by atoms with Crippen molar-refractivity contribution in [1.29, 1.82) is 0 Å². The van der Waals surface area contributed by atoms with Crippen LogP contribution in [-0.2, 0) is 0 Å². The summed E-state index contributed by atoms with van der Waals surface area (Å²) in [5, 5.41) is 4.08. The number of nitrogens with zero attached hydrogens (tertiary/aromatic N) is 2. The van der Waals surface area contributed by atoms with Gasteiger partial charge in [-0.05, 0) is 34.5 Å². The first-order valence-electron chi connectivity index (χ1n) is 4.67. The van der Waals surface area contributed by atoms with Gasteiger partial charge in [-0.3, -0.25) is 0 Å². The van der Waals surface area contributed by atoms with Gasteiger partial charge in [0, 0.05) is 17.9 Å². The van der Waals surface area contributed by atoms with Crippen molar-refractivity contribution in [3.8, 4) is 0 Å². The summed E-state index contributed by atoms with van der Waals surface area (Å²) in [7, 11) is 0. The third-order valence-corrected chi connectivity index (χ3v) is 4.00. The average Bonchev–Trinajstić information content (AvgIpc) is 2.67. The summed E-state index contributed by atoms with van der Waals surface area (Å²) < 4.78 is 0.828. The Balaban J connectivity index is 1.85. The van der Waals surface area contributed by atoms with Crippen molar-refractivity contribution in [3.63, 3.8) is 0 Å². The van der Waals surface area contributed by atoms with Crippen LogP contribution < -0.4 is 5.32 Å². The summed E-state index contributed by atoms with van der Waals surface area (Å²) in [6.07, 6.45) is 4.24. The molecule has 0 saturated carbocycles. The molecule has 0 spiro atoms. The van der Waals surface area contributed by atoms with E-state index >= 15 is 0 Å². The fraction of sp³-hybridized carbons (Fsp3) is 0.556. The van der Waals surface area contributed by atoms with Gasteiger partial charge >= 0.3 is 0 Å². The Kier molecular flexibility index (Phi) is 3.64. The van der Waals surface area contributed by atoms with Crippen LogP contribution in [0.4, 0.5) is 5.82 Å². The van der Waals surface area contributed by atoms with Gasteiger partial charge in [0.05, 0.1) is 0 Å². The molecule has 1 aliphatic heterocycles. The molecular formula is C9H12BrN3S. The van der Waals surface area contributed by atoms with Crippen LogP contribution in [0.2, 0.25) is 0 Å². The highest BCUT2D eigenvalue weighted by molar-refractivity contribution is 9.10. The number of halogens is 1. The summed E-state index contributed by atoms with van der Waals surface area (Å²) in [4.78, 5) is 8.12. The number of nitrogens with one attached hydrogen (secondary N) is 1. The Labute approximate surface area is 96.2 Å². The van der Waals surface area contributed by atoms with E-state index < -0.39 is 0 Å². The largest absolute Gasteiger partial charge is 0.369 e. The molecule has 14 heavy (non-hydrogen) atoms. The van der Waals surface area contributed by atoms with Crippen LogP contribution in [0.3, 0.4) is 0 Å². The van der Waals surface area contributed by atoms with Gasteiger partial charge in [-0.2, -0.15) is 11.8 Å². The van der Waals surface area contributed by atoms with Crippen molar-refractivity contribution in [1.82, 2.24) is 9.97 Å². The van der Waals surface area contributed by atoms with E-state index in [-0.39, 0.29) is 0 Å². The third kappa shape index (κ3) is 2.85. The van der Waals surface area contributed by atoms with Crippen molar-refractivity contribution in [2.45, 2.75) is 18.1 Å². The highest BCUT2D eigenvalue weighted by atomic mass is 79.9. The number of hydrogen-bond donors (Lipinski definition) is 1. The molecule has 0 aromatic carbocycles. The lowest BCUT2D eigenvalue weighted by Crippen LogP contribution is -2.14. The maximum atomic E-state index is 4.14. The van der Waals surface area contributed by atoms with Crippen molar-refractivity contribution in [2.75, 3.05) is 17.6 Å². The molecule has 1 aromatic heterocycles. The SMILES string of the molecule is Brc1cc(NCC2CCCS2)ncn1. The first-order chi connectivity index (χ1) is 6.84. The van der Waals surface area contributed by atoms with Crippen LogP contribution in [0.25, 0.3) is 0 Å². The van der Waals surface area contributed by atoms with Crippen molar-refractivity contribution in [2.24, 2.45) is 0 Å². The zero-order chi connectivity index (χ0) is 9.80. The van der Waals surface area contributed by atoms with Gasteiger partial charge < -0.3 is 5.32 Å². The van der Waals surface area contributed by atoms with Crippen LogP contribution in [-0.4, -0.2) is 27.5 Å². The monoisotopic (exact) mass is 273 g/mol. The fourth-order valence-corrected chi connectivity index (χ4v) is 2.96. The van der Waals surface area contributed by atoms with Gasteiger partial charge in [-0.1, -0.05) is 0 Å². The van der Waals surface area contributed by atoms with Gasteiger partial charge in [0.25, 0.3) is 0 Å². The number of thioether (sulfide) groups is 1. The maximum absolute atomic E-state index is 4.14. The summed E-state index contributed by atoms with van der Waals surface area (Å²) in [5.74, 6) is 2.21. The van der Waals surface area contributed by atoms with E-state index in [4.69, 9.17) is 0 Å². The lowest BCUT2D eigenvalue weighted by Gasteiger charge is -2.10. The van der Waals surface area contributed by atoms with Crippen LogP contribution >= 0.6 is 27.7 Å². The molecule has 2 rings (SSSR count). The Morgan fingerprint density at radius 3 is 3.21 bits per heavy atom. The third-order valence-electron chi connectivity index (χ3n) is 2.17. The van der Waals surface area contributed by atoms with Crippen LogP contribution in [0.15, 0.2) is 17.0 Å². The first kappa shape index (κ1) is 10.2. The zero-order valence-corrected chi connectivity index (χ0v) is 10.1. The molecule has 76 valence electrons. The smallest absolute Gasteiger partial charge is 0.130 e. The number of hydrogen-bond acceptors (Lipinski definition) is 4. The Morgan fingerprint density at radius 2 is 2.50 bits per heavy atom. The molecule has 2 heterocycles. The molecule has 1 unspecified atom stereocenters. The molecule has 0 amide bonds. The van der Waals surface area contributed by atoms with Gasteiger partial charge in [0.1, 0.15) is 16.7 Å². The fourth-order valence-electron chi connectivity index (χ4n) is 1.45. The lowest BCUT2D eigenvalue weighted by atomic mass is 10.2. The summed E-state index contributed by atoms with van der Waals surface area (Å²) >= 11 is 5.37. The molecule has 1 saturated heterocycles. The van der Waals surface area contributed by atoms with Crippen molar-refractivity contribution in [3.05, 3.63) is 17.0 Å². The van der Waals surface area contributed by atoms with Crippen molar-refractivity contribution < 1.29 is 0 Å². The summed E-state index contributed by atoms with van der Waals surface area (Å²) in [5.41, 5.74) is 0. The van der Waals surface area contributed by atoms with E-state index in [9.17, 15) is 0 Å². The summed E-state index contributed by atoms with van der Waals surface area (Å²) in [6.45, 7) is 1.01. The number of rotatable bonds is 3. The van der Waals surface area contributed by atoms with E-state index in [0.717, 1.165) is 22.2 Å². The minimum Gasteiger partial charge on any atom is -0.369 e. The predicted octanol–water partition coefficient (Wildman–Crippen LogP) is 2.55. The molecule has 1 fully saturated rings. The molecular weight excluding hydrogens is 262 g/mol. The molecule has 1 aromatic rings. The van der Waals surface area contributed by atoms with E-state index in [1.54, 1.807) is 6.33 Å². The normalized spacial score (nSPS) is 21.1. The Bertz CT molecular complexity index is 302. The van der Waals surface area contributed by atoms with Gasteiger partial charge in [0.15, 0.2) is 0 Å². The minimum absolute atomic E-state index is 0.753. The van der Waals surface area contributed by atoms with E-state index in [0.29, 0.717) is 0 Å². The van der Waals surface area contributed by atoms with Gasteiger partial charge in [0.2, 0.25) is 0 Å². The molecule has 5 heteroatoms. The standard InChI is InChI=1S/C9H12BrN3S/c10-8-4-9(13-6-12-8)11-5-7-2-1-3-14-7/h4,6-7H,1-3,5H2,(H,11,12,13). The van der Waals surface area contributed by atoms with E-state index in [1.807, 2.05) is 17.8 Å². The predicted molar refractivity (Wildman–Crippen MR) is 63.7 cm³/mol. The second-order valence-electron chi connectivity index (χ2n) is 3.24. The molecule has 1 atom stereocenters. The molecule has 1 N–H and O–H groups in total. The number of aromatic nitrogens is 2. The van der Waals surface area contributed by atoms with Crippen LogP contribution in [0.5, 0.6) is 0 Å². The average molecular weight is 274 g/mol. The van der Waals surface area contributed by atoms with Crippen LogP contribution in [0, 0.1) is 0 Å². The highest BCUT2D eigenvalue weighted by Gasteiger charge is 2.14. The molecule has 1 aliphatic rings. The highest BCUT2D eigenvalue weighted by Crippen LogP contribution is 2.26. The topological polar surface area (TPSA) is 37.8 Å². The molecule has 0 bridgehead atoms. The first-order valence-corrected chi connectivity index (χ1v) is 6.52. The molecule has 3 nitrogen and oxygen atoms in total. The molecule has 0 radical (unpaired) electrons. The second kappa shape index (κ2) is 4.98. The second-order valence-corrected chi connectivity index (χ2v) is 5.46. The van der Waals surface area contributed by atoms with E-state index in [1.165, 1.54) is 18.6 Å². The Morgan fingerprint density at radius 1 is 1.57 bits per heavy atom. The zero-order valence-electron chi connectivity index (χ0n) is 7.74. The Hall–Kier alpha value is -0.290.